The van der Waals surface area contributed by atoms with E-state index in [1.54, 1.807) is 6.20 Å². The Balaban J connectivity index is 1.22. The highest BCUT2D eigenvalue weighted by Gasteiger charge is 2.36. The van der Waals surface area contributed by atoms with E-state index >= 15 is 0 Å². The van der Waals surface area contributed by atoms with Crippen LogP contribution in [0.5, 0.6) is 5.88 Å². The van der Waals surface area contributed by atoms with Crippen LogP contribution in [0.25, 0.3) is 11.0 Å². The van der Waals surface area contributed by atoms with Gasteiger partial charge in [-0.25, -0.2) is 14.2 Å². The van der Waals surface area contributed by atoms with Gasteiger partial charge in [-0.15, -0.1) is 0 Å². The van der Waals surface area contributed by atoms with E-state index in [0.29, 0.717) is 68.9 Å². The summed E-state index contributed by atoms with van der Waals surface area (Å²) in [7, 11) is 0. The summed E-state index contributed by atoms with van der Waals surface area (Å²) in [6, 6.07) is 6.96. The van der Waals surface area contributed by atoms with Gasteiger partial charge < -0.3 is 29.2 Å². The zero-order chi connectivity index (χ0) is 32.2. The lowest BCUT2D eigenvalue weighted by Gasteiger charge is -2.41. The predicted octanol–water partition coefficient (Wildman–Crippen LogP) is 4.05. The molecule has 13 heteroatoms. The number of benzene rings is 1. The molecule has 0 radical (unpaired) electrons. The summed E-state index contributed by atoms with van der Waals surface area (Å²) in [6.45, 7) is 6.45. The van der Waals surface area contributed by atoms with Gasteiger partial charge in [0.15, 0.2) is 0 Å². The molecule has 12 nitrogen and oxygen atoms in total. The molecule has 3 aromatic rings. The van der Waals surface area contributed by atoms with Gasteiger partial charge in [0.25, 0.3) is 5.91 Å². The van der Waals surface area contributed by atoms with Crippen molar-refractivity contribution < 1.29 is 28.6 Å². The second-order valence-electron chi connectivity index (χ2n) is 12.6. The summed E-state index contributed by atoms with van der Waals surface area (Å²) in [5, 5.41) is 9.35. The molecule has 1 saturated carbocycles. The summed E-state index contributed by atoms with van der Waals surface area (Å²) in [4.78, 5) is 55.9. The van der Waals surface area contributed by atoms with Crippen LogP contribution in [0.4, 0.5) is 9.18 Å². The molecule has 246 valence electrons. The van der Waals surface area contributed by atoms with Gasteiger partial charge in [-0.3, -0.25) is 14.5 Å². The fraction of sp³-hybridized carbons (Fsp3) is 0.545. The molecular weight excluding hydrogens is 593 g/mol. The number of likely N-dealkylation sites (tertiary alicyclic amines) is 1. The van der Waals surface area contributed by atoms with E-state index in [9.17, 15) is 23.9 Å². The van der Waals surface area contributed by atoms with Crippen molar-refractivity contribution in [1.29, 1.82) is 0 Å². The number of pyridine rings is 1. The number of rotatable bonds is 7. The number of halogens is 1. The standard InChI is InChI=1S/C33H42FN7O5/c1-22-21-39(33(44)45)15-16-40(22)31(43)24-7-11-26(12-8-24)41-28-19-29(46-18-17-38-13-3-2-4-14-38)35-20-27(28)36-32(41)37-30(42)23-5-9-25(34)10-6-23/h5-6,9-10,19-20,22,24,26H,2-4,7-8,11-18,21H2,1H3,(H,44,45)(H,36,37,42)/t22?,24-,26+. The lowest BCUT2D eigenvalue weighted by Crippen LogP contribution is -2.56. The number of hydrogen-bond acceptors (Lipinski definition) is 6. The van der Waals surface area contributed by atoms with Crippen LogP contribution in [-0.2, 0) is 4.79 Å². The predicted molar refractivity (Wildman–Crippen MR) is 168 cm³/mol. The molecule has 2 saturated heterocycles. The van der Waals surface area contributed by atoms with Crippen molar-refractivity contribution >= 4 is 28.9 Å². The fourth-order valence-electron chi connectivity index (χ4n) is 7.04. The molecule has 3 amide bonds. The smallest absolute Gasteiger partial charge is 0.407 e. The van der Waals surface area contributed by atoms with Crippen LogP contribution < -0.4 is 10.4 Å². The first kappa shape index (κ1) is 31.7. The van der Waals surface area contributed by atoms with Crippen LogP contribution in [0.3, 0.4) is 0 Å². The third-order valence-electron chi connectivity index (χ3n) is 9.59. The number of nitrogens with one attached hydrogen (secondary N) is 1. The summed E-state index contributed by atoms with van der Waals surface area (Å²) >= 11 is 0. The number of ether oxygens (including phenoxy) is 1. The Morgan fingerprint density at radius 3 is 2.48 bits per heavy atom. The zero-order valence-electron chi connectivity index (χ0n) is 26.2. The Morgan fingerprint density at radius 2 is 1.78 bits per heavy atom. The number of aromatic nitrogens is 3. The highest BCUT2D eigenvalue weighted by molar-refractivity contribution is 5.95. The Hall–Kier alpha value is -4.26. The lowest BCUT2D eigenvalue weighted by molar-refractivity contribution is -0.141. The fourth-order valence-corrected chi connectivity index (χ4v) is 7.04. The molecule has 3 fully saturated rings. The minimum atomic E-state index is -0.958. The zero-order valence-corrected chi connectivity index (χ0v) is 26.2. The first-order valence-corrected chi connectivity index (χ1v) is 16.3. The molecule has 2 N–H and O–H groups in total. The Labute approximate surface area is 266 Å². The van der Waals surface area contributed by atoms with Gasteiger partial charge in [0.05, 0.1) is 17.2 Å². The lowest BCUT2D eigenvalue weighted by atomic mass is 9.84. The normalized spacial score (nSPS) is 23.1. The molecule has 4 heterocycles. The van der Waals surface area contributed by atoms with Crippen LogP contribution in [0, 0.1) is 11.7 Å². The number of hydrogen-bond donors (Lipinski definition) is 2. The number of amides is 3. The van der Waals surface area contributed by atoms with E-state index in [2.05, 4.69) is 19.9 Å². The van der Waals surface area contributed by atoms with Crippen molar-refractivity contribution in [2.24, 2.45) is 10.9 Å². The number of aromatic amines is 1. The van der Waals surface area contributed by atoms with Gasteiger partial charge in [0.1, 0.15) is 12.4 Å². The molecule has 1 atom stereocenters. The summed E-state index contributed by atoms with van der Waals surface area (Å²) in [6.07, 6.45) is 7.14. The monoisotopic (exact) mass is 635 g/mol. The Morgan fingerprint density at radius 1 is 1.04 bits per heavy atom. The molecule has 1 aromatic carbocycles. The van der Waals surface area contributed by atoms with Crippen molar-refractivity contribution in [3.8, 4) is 5.88 Å². The first-order chi connectivity index (χ1) is 22.3. The topological polar surface area (TPSA) is 136 Å². The Bertz CT molecular complexity index is 1620. The van der Waals surface area contributed by atoms with E-state index in [1.165, 1.54) is 48.4 Å². The third kappa shape index (κ3) is 7.09. The average Bonchev–Trinajstić information content (AvgIpc) is 3.42. The number of piperazine rings is 1. The van der Waals surface area contributed by atoms with Gasteiger partial charge in [0.2, 0.25) is 17.4 Å². The summed E-state index contributed by atoms with van der Waals surface area (Å²) in [5.41, 5.74) is 2.15. The molecule has 0 bridgehead atoms. The molecule has 6 rings (SSSR count). The minimum absolute atomic E-state index is 0.0394. The number of piperidine rings is 1. The number of carbonyl (C=O) groups is 3. The van der Waals surface area contributed by atoms with Crippen LogP contribution in [-0.4, -0.2) is 104 Å². The number of carbonyl (C=O) groups excluding carboxylic acids is 2. The van der Waals surface area contributed by atoms with Crippen LogP contribution >= 0.6 is 0 Å². The van der Waals surface area contributed by atoms with E-state index in [-0.39, 0.29) is 29.5 Å². The molecule has 1 aliphatic carbocycles. The maximum Gasteiger partial charge on any atom is 0.407 e. The van der Waals surface area contributed by atoms with Crippen LogP contribution in [0.1, 0.15) is 68.3 Å². The highest BCUT2D eigenvalue weighted by atomic mass is 19.1. The number of imidazole rings is 1. The third-order valence-corrected chi connectivity index (χ3v) is 9.59. The van der Waals surface area contributed by atoms with Crippen LogP contribution in [0.2, 0.25) is 0 Å². The maximum absolute atomic E-state index is 13.5. The van der Waals surface area contributed by atoms with Gasteiger partial charge in [0, 0.05) is 55.8 Å². The van der Waals surface area contributed by atoms with Crippen molar-refractivity contribution in [2.45, 2.75) is 64.0 Å². The second kappa shape index (κ2) is 14.0. The number of carboxylic acid groups (broad SMARTS) is 1. The SMILES string of the molecule is CC1CN(C(=O)O)CCN1C(=O)[C@H]1CC[C@@H](n2/c(=N/C(=O)c3ccc(F)cc3)[nH]c3cnc(OCCN4CCCCC4)cc32)CC1. The molecule has 2 aromatic heterocycles. The van der Waals surface area contributed by atoms with Gasteiger partial charge >= 0.3 is 6.09 Å². The van der Waals surface area contributed by atoms with Gasteiger partial charge in [-0.05, 0) is 82.8 Å². The maximum atomic E-state index is 13.5. The minimum Gasteiger partial charge on any atom is -0.476 e. The summed E-state index contributed by atoms with van der Waals surface area (Å²) in [5.74, 6) is -0.514. The molecular formula is C33H42FN7O5. The van der Waals surface area contributed by atoms with Gasteiger partial charge in [-0.1, -0.05) is 6.42 Å². The Kier molecular flexibility index (Phi) is 9.67. The van der Waals surface area contributed by atoms with E-state index in [4.69, 9.17) is 4.74 Å². The van der Waals surface area contributed by atoms with E-state index in [0.717, 1.165) is 25.2 Å². The van der Waals surface area contributed by atoms with E-state index in [1.807, 2.05) is 22.5 Å². The summed E-state index contributed by atoms with van der Waals surface area (Å²) < 4.78 is 21.6. The molecule has 1 unspecified atom stereocenters. The van der Waals surface area contributed by atoms with Gasteiger partial charge in [-0.2, -0.15) is 4.99 Å². The highest BCUT2D eigenvalue weighted by Crippen LogP contribution is 2.35. The average molecular weight is 636 g/mol. The van der Waals surface area contributed by atoms with Crippen LogP contribution in [0.15, 0.2) is 41.5 Å². The molecule has 3 aliphatic rings. The largest absolute Gasteiger partial charge is 0.476 e. The van der Waals surface area contributed by atoms with Crippen molar-refractivity contribution in [3.63, 3.8) is 0 Å². The number of H-pyrrole nitrogens is 1. The molecule has 2 aliphatic heterocycles. The van der Waals surface area contributed by atoms with E-state index < -0.39 is 17.8 Å². The first-order valence-electron chi connectivity index (χ1n) is 16.3. The number of nitrogens with zero attached hydrogens (tertiary/aromatic N) is 6. The second-order valence-corrected chi connectivity index (χ2v) is 12.6. The van der Waals surface area contributed by atoms with Crippen molar-refractivity contribution in [2.75, 3.05) is 45.9 Å². The van der Waals surface area contributed by atoms with Crippen molar-refractivity contribution in [1.82, 2.24) is 29.2 Å². The quantitative estimate of drug-likeness (QED) is 0.400. The molecule has 0 spiro atoms. The van der Waals surface area contributed by atoms with Crippen molar-refractivity contribution in [3.05, 3.63) is 53.5 Å². The number of fused-ring (bicyclic) bond motifs is 1. The molecule has 46 heavy (non-hydrogen) atoms.